The molecule has 0 aliphatic carbocycles. The van der Waals surface area contributed by atoms with E-state index in [0.717, 1.165) is 6.42 Å². The molecule has 4 nitrogen and oxygen atoms in total. The van der Waals surface area contributed by atoms with E-state index in [1.54, 1.807) is 13.8 Å². The third kappa shape index (κ3) is 2.83. The van der Waals surface area contributed by atoms with Crippen LogP contribution in [0.25, 0.3) is 0 Å². The number of hydrogen-bond donors (Lipinski definition) is 0. The Bertz CT molecular complexity index is 352. The van der Waals surface area contributed by atoms with Gasteiger partial charge in [-0.25, -0.2) is 0 Å². The molecule has 1 aliphatic heterocycles. The molecule has 1 fully saturated rings. The molecule has 0 N–H and O–H groups in total. The average molecular weight is 256 g/mol. The molecular formula is C12H18NO3S-. The van der Waals surface area contributed by atoms with Crippen molar-refractivity contribution in [2.45, 2.75) is 46.1 Å². The van der Waals surface area contributed by atoms with Crippen molar-refractivity contribution in [3.8, 4) is 0 Å². The van der Waals surface area contributed by atoms with Gasteiger partial charge in [0.25, 0.3) is 5.91 Å². The molecule has 0 radical (unpaired) electrons. The number of likely N-dealkylation sites (tertiary alicyclic amines) is 1. The van der Waals surface area contributed by atoms with E-state index in [-0.39, 0.29) is 0 Å². The number of amides is 1. The standard InChI is InChI=1S/C12H19NO3S/c1-4-12(2,3)9(14)10(15)13-7-5-6-8(13)11(16)17/h8H,4-7H2,1-3H3,(H,16,17)/p-1/t8-/m0/s1. The number of carbonyl (C=O) groups excluding carboxylic acids is 3. The first-order valence-electron chi connectivity index (χ1n) is 5.87. The van der Waals surface area contributed by atoms with Gasteiger partial charge in [0.15, 0.2) is 0 Å². The molecule has 0 spiro atoms. The van der Waals surface area contributed by atoms with E-state index in [9.17, 15) is 14.4 Å². The lowest BCUT2D eigenvalue weighted by atomic mass is 9.84. The maximum absolute atomic E-state index is 12.0. The number of nitrogens with zero attached hydrogens (tertiary/aromatic N) is 1. The highest BCUT2D eigenvalue weighted by Crippen LogP contribution is 2.25. The molecule has 1 amide bonds. The minimum atomic E-state index is -0.672. The van der Waals surface area contributed by atoms with Gasteiger partial charge in [-0.05, 0) is 19.3 Å². The third-order valence-electron chi connectivity index (χ3n) is 3.48. The zero-order valence-electron chi connectivity index (χ0n) is 10.5. The van der Waals surface area contributed by atoms with Crippen LogP contribution in [0.2, 0.25) is 0 Å². The van der Waals surface area contributed by atoms with Crippen molar-refractivity contribution >= 4 is 29.4 Å². The van der Waals surface area contributed by atoms with Gasteiger partial charge in [-0.3, -0.25) is 9.59 Å². The smallest absolute Gasteiger partial charge is 0.291 e. The molecule has 0 bridgehead atoms. The monoisotopic (exact) mass is 256 g/mol. The molecule has 1 rings (SSSR count). The lowest BCUT2D eigenvalue weighted by Gasteiger charge is -2.29. The summed E-state index contributed by atoms with van der Waals surface area (Å²) < 4.78 is 0. The van der Waals surface area contributed by atoms with Gasteiger partial charge in [0.2, 0.25) is 5.78 Å². The van der Waals surface area contributed by atoms with Crippen LogP contribution >= 0.6 is 0 Å². The number of rotatable bonds is 4. The van der Waals surface area contributed by atoms with Crippen LogP contribution in [0.4, 0.5) is 0 Å². The summed E-state index contributed by atoms with van der Waals surface area (Å²) in [7, 11) is 0. The third-order valence-corrected chi connectivity index (χ3v) is 3.75. The Morgan fingerprint density at radius 1 is 1.35 bits per heavy atom. The van der Waals surface area contributed by atoms with Gasteiger partial charge in [-0.2, -0.15) is 0 Å². The minimum absolute atomic E-state index is 0.428. The molecule has 96 valence electrons. The SMILES string of the molecule is CCC(C)(C)C(=O)C(=O)N1CCC[C@H]1C(=O)[S-]. The summed E-state index contributed by atoms with van der Waals surface area (Å²) in [6.45, 7) is 5.81. The number of hydrogen-bond acceptors (Lipinski definition) is 4. The summed E-state index contributed by atoms with van der Waals surface area (Å²) >= 11 is 4.60. The summed E-state index contributed by atoms with van der Waals surface area (Å²) in [4.78, 5) is 36.6. The molecule has 1 saturated heterocycles. The van der Waals surface area contributed by atoms with Gasteiger partial charge in [0.05, 0.1) is 6.04 Å². The van der Waals surface area contributed by atoms with Gasteiger partial charge in [-0.1, -0.05) is 20.8 Å². The first-order chi connectivity index (χ1) is 7.81. The molecular weight excluding hydrogens is 238 g/mol. The molecule has 0 aromatic rings. The van der Waals surface area contributed by atoms with Crippen molar-refractivity contribution in [2.75, 3.05) is 6.54 Å². The first kappa shape index (κ1) is 14.1. The Morgan fingerprint density at radius 3 is 2.41 bits per heavy atom. The van der Waals surface area contributed by atoms with Crippen molar-refractivity contribution in [2.24, 2.45) is 5.41 Å². The second kappa shape index (κ2) is 5.12. The predicted molar refractivity (Wildman–Crippen MR) is 66.2 cm³/mol. The van der Waals surface area contributed by atoms with Crippen LogP contribution in [0.3, 0.4) is 0 Å². The fourth-order valence-electron chi connectivity index (χ4n) is 1.84. The highest BCUT2D eigenvalue weighted by atomic mass is 32.1. The molecule has 0 aromatic heterocycles. The Balaban J connectivity index is 2.83. The van der Waals surface area contributed by atoms with Crippen molar-refractivity contribution in [1.82, 2.24) is 4.90 Å². The molecule has 17 heavy (non-hydrogen) atoms. The molecule has 0 saturated carbocycles. The van der Waals surface area contributed by atoms with E-state index in [1.807, 2.05) is 6.92 Å². The molecule has 5 heteroatoms. The van der Waals surface area contributed by atoms with E-state index in [1.165, 1.54) is 4.90 Å². The van der Waals surface area contributed by atoms with Crippen molar-refractivity contribution in [3.63, 3.8) is 0 Å². The fraction of sp³-hybridized carbons (Fsp3) is 0.750. The van der Waals surface area contributed by atoms with Gasteiger partial charge in [-0.15, -0.1) is 0 Å². The summed E-state index contributed by atoms with van der Waals surface area (Å²) in [5.74, 6) is -0.985. The normalized spacial score (nSPS) is 20.4. The van der Waals surface area contributed by atoms with E-state index in [0.29, 0.717) is 19.4 Å². The first-order valence-corrected chi connectivity index (χ1v) is 6.28. The highest BCUT2D eigenvalue weighted by molar-refractivity contribution is 7.77. The largest absolute Gasteiger partial charge is 0.740 e. The fourth-order valence-corrected chi connectivity index (χ4v) is 2.08. The van der Waals surface area contributed by atoms with Crippen LogP contribution < -0.4 is 0 Å². The molecule has 0 aromatic carbocycles. The van der Waals surface area contributed by atoms with Crippen LogP contribution in [0.1, 0.15) is 40.0 Å². The average Bonchev–Trinajstić information content (AvgIpc) is 2.75. The molecule has 0 unspecified atom stereocenters. The summed E-state index contributed by atoms with van der Waals surface area (Å²) in [6, 6.07) is -0.575. The quantitative estimate of drug-likeness (QED) is 0.557. The van der Waals surface area contributed by atoms with Crippen LogP contribution in [-0.4, -0.2) is 34.3 Å². The Morgan fingerprint density at radius 2 is 1.94 bits per heavy atom. The van der Waals surface area contributed by atoms with Crippen LogP contribution in [0.15, 0.2) is 0 Å². The van der Waals surface area contributed by atoms with Gasteiger partial charge < -0.3 is 22.3 Å². The second-order valence-corrected chi connectivity index (χ2v) is 5.44. The number of carbonyl (C=O) groups is 3. The number of Topliss-reactive ketones (excluding diaryl/α,β-unsaturated/α-hetero) is 1. The zero-order chi connectivity index (χ0) is 13.2. The maximum atomic E-state index is 12.0. The van der Waals surface area contributed by atoms with E-state index < -0.39 is 28.3 Å². The maximum Gasteiger partial charge on any atom is 0.291 e. The Kier molecular flexibility index (Phi) is 4.25. The van der Waals surface area contributed by atoms with Crippen molar-refractivity contribution < 1.29 is 14.4 Å². The number of ketones is 1. The highest BCUT2D eigenvalue weighted by Gasteiger charge is 2.38. The van der Waals surface area contributed by atoms with Gasteiger partial charge in [0.1, 0.15) is 0 Å². The zero-order valence-corrected chi connectivity index (χ0v) is 11.3. The van der Waals surface area contributed by atoms with Gasteiger partial charge >= 0.3 is 0 Å². The van der Waals surface area contributed by atoms with Crippen LogP contribution in [0.5, 0.6) is 0 Å². The lowest BCUT2D eigenvalue weighted by molar-refractivity contribution is -0.150. The summed E-state index contributed by atoms with van der Waals surface area (Å²) in [5.41, 5.74) is -0.672. The minimum Gasteiger partial charge on any atom is -0.740 e. The van der Waals surface area contributed by atoms with Crippen molar-refractivity contribution in [3.05, 3.63) is 0 Å². The molecule has 1 heterocycles. The summed E-state index contributed by atoms with van der Waals surface area (Å²) in [6.07, 6.45) is 1.91. The summed E-state index contributed by atoms with van der Waals surface area (Å²) in [5, 5.41) is -0.446. The van der Waals surface area contributed by atoms with Gasteiger partial charge in [0, 0.05) is 17.1 Å². The van der Waals surface area contributed by atoms with Crippen molar-refractivity contribution in [1.29, 1.82) is 0 Å². The molecule has 1 aliphatic rings. The van der Waals surface area contributed by atoms with Crippen LogP contribution in [-0.2, 0) is 27.0 Å². The van der Waals surface area contributed by atoms with E-state index >= 15 is 0 Å². The van der Waals surface area contributed by atoms with E-state index in [4.69, 9.17) is 0 Å². The van der Waals surface area contributed by atoms with Crippen LogP contribution in [0, 0.1) is 5.41 Å². The second-order valence-electron chi connectivity index (χ2n) is 5.04. The topological polar surface area (TPSA) is 54.5 Å². The lowest BCUT2D eigenvalue weighted by Crippen LogP contribution is -2.47. The molecule has 1 atom stereocenters. The Labute approximate surface area is 107 Å². The van der Waals surface area contributed by atoms with E-state index in [2.05, 4.69) is 12.6 Å². The Hall–Kier alpha value is -0.970. The predicted octanol–water partition coefficient (Wildman–Crippen LogP) is 1.06.